The van der Waals surface area contributed by atoms with Crippen LogP contribution in [0.3, 0.4) is 0 Å². The number of nitrogens with one attached hydrogen (secondary N) is 1. The molecule has 1 aliphatic heterocycles. The van der Waals surface area contributed by atoms with E-state index < -0.39 is 0 Å². The lowest BCUT2D eigenvalue weighted by Gasteiger charge is -2.21. The predicted octanol–water partition coefficient (Wildman–Crippen LogP) is 3.89. The zero-order valence-electron chi connectivity index (χ0n) is 11.8. The van der Waals surface area contributed by atoms with Gasteiger partial charge in [-0.3, -0.25) is 0 Å². The fourth-order valence-electron chi connectivity index (χ4n) is 2.73. The smallest absolute Gasteiger partial charge is 0.0590 e. The third kappa shape index (κ3) is 7.05. The molecule has 1 fully saturated rings. The summed E-state index contributed by atoms with van der Waals surface area (Å²) in [6.45, 7) is 6.56. The first-order chi connectivity index (χ1) is 8.36. The minimum atomic E-state index is 0.537. The van der Waals surface area contributed by atoms with E-state index in [1.54, 1.807) is 0 Å². The van der Waals surface area contributed by atoms with Crippen molar-refractivity contribution >= 4 is 0 Å². The zero-order chi connectivity index (χ0) is 12.3. The molecule has 1 saturated heterocycles. The molecule has 2 atom stereocenters. The highest BCUT2D eigenvalue weighted by atomic mass is 16.5. The number of hydrogen-bond donors (Lipinski definition) is 1. The third-order valence-electron chi connectivity index (χ3n) is 3.72. The molecule has 0 spiro atoms. The van der Waals surface area contributed by atoms with Gasteiger partial charge in [0.25, 0.3) is 0 Å². The molecule has 0 amide bonds. The predicted molar refractivity (Wildman–Crippen MR) is 74.4 cm³/mol. The molecule has 0 saturated carbocycles. The molecule has 17 heavy (non-hydrogen) atoms. The molecule has 0 aromatic rings. The minimum absolute atomic E-state index is 0.537. The fraction of sp³-hybridized carbons (Fsp3) is 1.00. The Morgan fingerprint density at radius 2 is 2.00 bits per heavy atom. The summed E-state index contributed by atoms with van der Waals surface area (Å²) in [6, 6.07) is 0.685. The fourth-order valence-corrected chi connectivity index (χ4v) is 2.73. The summed E-state index contributed by atoms with van der Waals surface area (Å²) in [5.41, 5.74) is 0. The minimum Gasteiger partial charge on any atom is -0.378 e. The number of ether oxygens (including phenoxy) is 1. The quantitative estimate of drug-likeness (QED) is 0.586. The maximum Gasteiger partial charge on any atom is 0.0590 e. The Balaban J connectivity index is 2.08. The van der Waals surface area contributed by atoms with Crippen LogP contribution in [0, 0.1) is 0 Å². The second-order valence-corrected chi connectivity index (χ2v) is 5.33. The van der Waals surface area contributed by atoms with Crippen molar-refractivity contribution in [3.63, 3.8) is 0 Å². The summed E-state index contributed by atoms with van der Waals surface area (Å²) in [6.07, 6.45) is 12.6. The van der Waals surface area contributed by atoms with Crippen LogP contribution in [-0.4, -0.2) is 25.3 Å². The monoisotopic (exact) mass is 241 g/mol. The van der Waals surface area contributed by atoms with E-state index in [2.05, 4.69) is 19.2 Å². The van der Waals surface area contributed by atoms with Crippen molar-refractivity contribution in [2.24, 2.45) is 0 Å². The molecule has 1 rings (SSSR count). The molecule has 0 aromatic heterocycles. The summed E-state index contributed by atoms with van der Waals surface area (Å²) in [4.78, 5) is 0. The highest BCUT2D eigenvalue weighted by Gasteiger charge is 2.19. The molecule has 2 unspecified atom stereocenters. The van der Waals surface area contributed by atoms with Crippen molar-refractivity contribution in [1.82, 2.24) is 5.32 Å². The van der Waals surface area contributed by atoms with Gasteiger partial charge < -0.3 is 10.1 Å². The molecular formula is C15H31NO. The first-order valence-corrected chi connectivity index (χ1v) is 7.71. The lowest BCUT2D eigenvalue weighted by atomic mass is 10.00. The Morgan fingerprint density at radius 1 is 1.18 bits per heavy atom. The van der Waals surface area contributed by atoms with Gasteiger partial charge in [-0.15, -0.1) is 0 Å². The summed E-state index contributed by atoms with van der Waals surface area (Å²) < 4.78 is 5.73. The Hall–Kier alpha value is -0.0800. The normalized spacial score (nSPS) is 21.9. The summed E-state index contributed by atoms with van der Waals surface area (Å²) in [7, 11) is 0. The average Bonchev–Trinajstić information content (AvgIpc) is 2.82. The van der Waals surface area contributed by atoms with E-state index in [0.717, 1.165) is 13.2 Å². The molecule has 2 heteroatoms. The van der Waals surface area contributed by atoms with E-state index in [9.17, 15) is 0 Å². The second-order valence-electron chi connectivity index (χ2n) is 5.33. The van der Waals surface area contributed by atoms with Crippen LogP contribution in [-0.2, 0) is 4.74 Å². The third-order valence-corrected chi connectivity index (χ3v) is 3.72. The van der Waals surface area contributed by atoms with Gasteiger partial charge in [-0.05, 0) is 32.2 Å². The lowest BCUT2D eigenvalue weighted by Crippen LogP contribution is -2.32. The van der Waals surface area contributed by atoms with Crippen molar-refractivity contribution < 1.29 is 4.74 Å². The van der Waals surface area contributed by atoms with E-state index in [0.29, 0.717) is 12.1 Å². The van der Waals surface area contributed by atoms with Gasteiger partial charge in [0, 0.05) is 12.6 Å². The molecule has 0 bridgehead atoms. The number of hydrogen-bond acceptors (Lipinski definition) is 2. The first kappa shape index (κ1) is 15.0. The van der Waals surface area contributed by atoms with Crippen LogP contribution in [0.2, 0.25) is 0 Å². The highest BCUT2D eigenvalue weighted by molar-refractivity contribution is 4.74. The van der Waals surface area contributed by atoms with Crippen LogP contribution in [0.15, 0.2) is 0 Å². The van der Waals surface area contributed by atoms with Gasteiger partial charge in [-0.1, -0.05) is 46.0 Å². The van der Waals surface area contributed by atoms with Crippen LogP contribution in [0.25, 0.3) is 0 Å². The van der Waals surface area contributed by atoms with Gasteiger partial charge in [0.1, 0.15) is 0 Å². The first-order valence-electron chi connectivity index (χ1n) is 7.71. The summed E-state index contributed by atoms with van der Waals surface area (Å²) in [5, 5.41) is 3.62. The second kappa shape index (κ2) is 9.90. The Bertz CT molecular complexity index is 166. The molecule has 0 aromatic carbocycles. The van der Waals surface area contributed by atoms with Gasteiger partial charge in [0.15, 0.2) is 0 Å². The Labute approximate surface area is 108 Å². The Morgan fingerprint density at radius 3 is 2.65 bits per heavy atom. The van der Waals surface area contributed by atoms with E-state index in [1.807, 2.05) is 0 Å². The van der Waals surface area contributed by atoms with E-state index in [1.165, 1.54) is 57.8 Å². The standard InChI is InChI=1S/C15H31NO/c1-3-5-6-7-8-10-14(16-4-2)13-15-11-9-12-17-15/h14-16H,3-13H2,1-2H3. The van der Waals surface area contributed by atoms with Gasteiger partial charge in [-0.25, -0.2) is 0 Å². The molecule has 102 valence electrons. The molecule has 2 nitrogen and oxygen atoms in total. The van der Waals surface area contributed by atoms with Crippen LogP contribution < -0.4 is 5.32 Å². The van der Waals surface area contributed by atoms with Crippen LogP contribution in [0.4, 0.5) is 0 Å². The van der Waals surface area contributed by atoms with E-state index in [-0.39, 0.29) is 0 Å². The van der Waals surface area contributed by atoms with Crippen molar-refractivity contribution in [2.75, 3.05) is 13.2 Å². The van der Waals surface area contributed by atoms with Crippen LogP contribution in [0.5, 0.6) is 0 Å². The van der Waals surface area contributed by atoms with Crippen molar-refractivity contribution in [2.45, 2.75) is 83.8 Å². The molecule has 1 heterocycles. The number of rotatable bonds is 10. The van der Waals surface area contributed by atoms with Crippen molar-refractivity contribution in [3.8, 4) is 0 Å². The van der Waals surface area contributed by atoms with Crippen LogP contribution in [0.1, 0.15) is 71.6 Å². The van der Waals surface area contributed by atoms with E-state index in [4.69, 9.17) is 4.74 Å². The van der Waals surface area contributed by atoms with Crippen molar-refractivity contribution in [3.05, 3.63) is 0 Å². The zero-order valence-corrected chi connectivity index (χ0v) is 11.8. The summed E-state index contributed by atoms with van der Waals surface area (Å²) >= 11 is 0. The molecular weight excluding hydrogens is 210 g/mol. The number of unbranched alkanes of at least 4 members (excludes halogenated alkanes) is 4. The molecule has 0 radical (unpaired) electrons. The van der Waals surface area contributed by atoms with Gasteiger partial charge >= 0.3 is 0 Å². The Kier molecular flexibility index (Phi) is 8.72. The van der Waals surface area contributed by atoms with Gasteiger partial charge in [-0.2, -0.15) is 0 Å². The largest absolute Gasteiger partial charge is 0.378 e. The molecule has 1 aliphatic rings. The average molecular weight is 241 g/mol. The molecule has 0 aliphatic carbocycles. The van der Waals surface area contributed by atoms with Gasteiger partial charge in [0.05, 0.1) is 6.10 Å². The maximum atomic E-state index is 5.73. The van der Waals surface area contributed by atoms with Crippen molar-refractivity contribution in [1.29, 1.82) is 0 Å². The van der Waals surface area contributed by atoms with Gasteiger partial charge in [0.2, 0.25) is 0 Å². The summed E-state index contributed by atoms with van der Waals surface area (Å²) in [5.74, 6) is 0. The van der Waals surface area contributed by atoms with Crippen LogP contribution >= 0.6 is 0 Å². The topological polar surface area (TPSA) is 21.3 Å². The highest BCUT2D eigenvalue weighted by Crippen LogP contribution is 2.19. The lowest BCUT2D eigenvalue weighted by molar-refractivity contribution is 0.0935. The maximum absolute atomic E-state index is 5.73. The van der Waals surface area contributed by atoms with E-state index >= 15 is 0 Å². The molecule has 1 N–H and O–H groups in total. The SMILES string of the molecule is CCCCCCCC(CC1CCCO1)NCC.